The van der Waals surface area contributed by atoms with Crippen molar-refractivity contribution < 1.29 is 28.3 Å². The Kier molecular flexibility index (Phi) is 7.61. The average molecular weight is 396 g/mol. The van der Waals surface area contributed by atoms with Crippen molar-refractivity contribution in [3.63, 3.8) is 0 Å². The molecule has 1 atom stereocenters. The van der Waals surface area contributed by atoms with Gasteiger partial charge in [0.1, 0.15) is 6.54 Å². The molecule has 1 N–H and O–H groups in total. The van der Waals surface area contributed by atoms with Crippen LogP contribution in [-0.4, -0.2) is 80.2 Å². The monoisotopic (exact) mass is 396 g/mol. The minimum absolute atomic E-state index is 0.00767. The molecule has 1 unspecified atom stereocenters. The summed E-state index contributed by atoms with van der Waals surface area (Å²) < 4.78 is 21.0. The Labute approximate surface area is 163 Å². The predicted octanol–water partition coefficient (Wildman–Crippen LogP) is 0.727. The number of nitrogens with zero attached hydrogens (tertiary/aromatic N) is 3. The second-order valence-electron chi connectivity index (χ2n) is 7.10. The molecule has 0 radical (unpaired) electrons. The Bertz CT molecular complexity index is 646. The maximum Gasteiger partial charge on any atom is 0.325 e. The van der Waals surface area contributed by atoms with Gasteiger partial charge in [0.05, 0.1) is 19.6 Å². The van der Waals surface area contributed by atoms with Crippen LogP contribution in [0.15, 0.2) is 4.52 Å². The first-order chi connectivity index (χ1) is 13.7. The number of aromatic nitrogens is 2. The van der Waals surface area contributed by atoms with E-state index in [2.05, 4.69) is 20.2 Å². The molecule has 28 heavy (non-hydrogen) atoms. The molecule has 2 amide bonds. The number of carbonyl (C=O) groups excluding carboxylic acids is 2. The number of rotatable bonds is 8. The third-order valence-corrected chi connectivity index (χ3v) is 5.08. The SMILES string of the molecule is COC(=O)CNC(=O)N1CCC(c2nc(CCOCC3CCOCC3)no2)C1. The largest absolute Gasteiger partial charge is 0.468 e. The van der Waals surface area contributed by atoms with Crippen LogP contribution in [0.3, 0.4) is 0 Å². The van der Waals surface area contributed by atoms with Gasteiger partial charge in [0, 0.05) is 39.3 Å². The molecule has 0 aliphatic carbocycles. The van der Waals surface area contributed by atoms with Crippen LogP contribution in [0.2, 0.25) is 0 Å². The lowest BCUT2D eigenvalue weighted by Gasteiger charge is -2.21. The van der Waals surface area contributed by atoms with Gasteiger partial charge in [-0.3, -0.25) is 4.79 Å². The van der Waals surface area contributed by atoms with Crippen molar-refractivity contribution in [2.24, 2.45) is 5.92 Å². The van der Waals surface area contributed by atoms with E-state index in [-0.39, 0.29) is 18.5 Å². The lowest BCUT2D eigenvalue weighted by molar-refractivity contribution is -0.139. The number of hydrogen-bond acceptors (Lipinski definition) is 8. The molecule has 1 aromatic heterocycles. The zero-order valence-electron chi connectivity index (χ0n) is 16.2. The van der Waals surface area contributed by atoms with Crippen LogP contribution in [0, 0.1) is 5.92 Å². The van der Waals surface area contributed by atoms with Crippen LogP contribution in [0.4, 0.5) is 4.79 Å². The maximum absolute atomic E-state index is 12.1. The second-order valence-corrected chi connectivity index (χ2v) is 7.10. The number of carbonyl (C=O) groups is 2. The lowest BCUT2D eigenvalue weighted by Crippen LogP contribution is -2.40. The molecule has 10 nitrogen and oxygen atoms in total. The van der Waals surface area contributed by atoms with Crippen molar-refractivity contribution in [1.82, 2.24) is 20.4 Å². The summed E-state index contributed by atoms with van der Waals surface area (Å²) in [7, 11) is 1.28. The fourth-order valence-electron chi connectivity index (χ4n) is 3.34. The smallest absolute Gasteiger partial charge is 0.325 e. The van der Waals surface area contributed by atoms with Gasteiger partial charge in [-0.2, -0.15) is 4.98 Å². The van der Waals surface area contributed by atoms with Gasteiger partial charge in [-0.1, -0.05) is 5.16 Å². The van der Waals surface area contributed by atoms with E-state index in [0.717, 1.165) is 39.1 Å². The summed E-state index contributed by atoms with van der Waals surface area (Å²) in [4.78, 5) is 29.3. The summed E-state index contributed by atoms with van der Waals surface area (Å²) in [6.45, 7) is 3.85. The van der Waals surface area contributed by atoms with E-state index in [1.807, 2.05) is 0 Å². The highest BCUT2D eigenvalue weighted by atomic mass is 16.5. The first kappa shape index (κ1) is 20.5. The van der Waals surface area contributed by atoms with Gasteiger partial charge in [0.15, 0.2) is 5.82 Å². The van der Waals surface area contributed by atoms with Crippen LogP contribution in [0.1, 0.15) is 36.9 Å². The van der Waals surface area contributed by atoms with Crippen LogP contribution in [0.25, 0.3) is 0 Å². The van der Waals surface area contributed by atoms with Crippen molar-refractivity contribution in [2.75, 3.05) is 53.2 Å². The molecular weight excluding hydrogens is 368 g/mol. The Morgan fingerprint density at radius 3 is 2.89 bits per heavy atom. The highest BCUT2D eigenvalue weighted by molar-refractivity contribution is 5.80. The number of nitrogens with one attached hydrogen (secondary N) is 1. The molecule has 156 valence electrons. The fourth-order valence-corrected chi connectivity index (χ4v) is 3.34. The number of ether oxygens (including phenoxy) is 3. The highest BCUT2D eigenvalue weighted by Crippen LogP contribution is 2.26. The summed E-state index contributed by atoms with van der Waals surface area (Å²) in [6, 6.07) is -0.297. The van der Waals surface area contributed by atoms with E-state index >= 15 is 0 Å². The molecule has 2 saturated heterocycles. The molecule has 2 aliphatic rings. The van der Waals surface area contributed by atoms with Gasteiger partial charge >= 0.3 is 12.0 Å². The molecule has 1 aromatic rings. The summed E-state index contributed by atoms with van der Waals surface area (Å²) in [6.07, 6.45) is 3.45. The van der Waals surface area contributed by atoms with Crippen molar-refractivity contribution in [3.05, 3.63) is 11.7 Å². The number of esters is 1. The summed E-state index contributed by atoms with van der Waals surface area (Å²) in [5, 5.41) is 6.55. The molecule has 3 rings (SSSR count). The standard InChI is InChI=1S/C18H28N4O6/c1-25-16(23)10-19-18(24)22-6-2-14(11-22)17-20-15(21-28-17)5-9-27-12-13-3-7-26-8-4-13/h13-14H,2-12H2,1H3,(H,19,24). The Morgan fingerprint density at radius 1 is 1.29 bits per heavy atom. The van der Waals surface area contributed by atoms with Gasteiger partial charge < -0.3 is 29.0 Å². The molecule has 0 spiro atoms. The molecular formula is C18H28N4O6. The highest BCUT2D eigenvalue weighted by Gasteiger charge is 2.31. The molecule has 3 heterocycles. The molecule has 0 saturated carbocycles. The molecule has 0 aromatic carbocycles. The quantitative estimate of drug-likeness (QED) is 0.505. The third kappa shape index (κ3) is 5.90. The van der Waals surface area contributed by atoms with Crippen LogP contribution >= 0.6 is 0 Å². The number of amides is 2. The number of likely N-dealkylation sites (tertiary alicyclic amines) is 1. The first-order valence-corrected chi connectivity index (χ1v) is 9.73. The average Bonchev–Trinajstić information content (AvgIpc) is 3.39. The fraction of sp³-hybridized carbons (Fsp3) is 0.778. The van der Waals surface area contributed by atoms with Gasteiger partial charge in [0.2, 0.25) is 5.89 Å². The van der Waals surface area contributed by atoms with Crippen molar-refractivity contribution in [2.45, 2.75) is 31.6 Å². The van der Waals surface area contributed by atoms with Crippen LogP contribution in [-0.2, 0) is 25.4 Å². The van der Waals surface area contributed by atoms with E-state index in [1.165, 1.54) is 7.11 Å². The minimum Gasteiger partial charge on any atom is -0.468 e. The Balaban J connectivity index is 1.36. The molecule has 10 heteroatoms. The van der Waals surface area contributed by atoms with E-state index in [0.29, 0.717) is 43.8 Å². The Hall–Kier alpha value is -2.20. The second kappa shape index (κ2) is 10.4. The third-order valence-electron chi connectivity index (χ3n) is 5.08. The number of urea groups is 1. The zero-order valence-corrected chi connectivity index (χ0v) is 16.2. The predicted molar refractivity (Wildman–Crippen MR) is 96.7 cm³/mol. The first-order valence-electron chi connectivity index (χ1n) is 9.73. The van der Waals surface area contributed by atoms with E-state index in [9.17, 15) is 9.59 Å². The van der Waals surface area contributed by atoms with E-state index in [1.54, 1.807) is 4.90 Å². The number of methoxy groups -OCH3 is 1. The summed E-state index contributed by atoms with van der Waals surface area (Å²) in [5.41, 5.74) is 0. The number of hydrogen-bond donors (Lipinski definition) is 1. The Morgan fingerprint density at radius 2 is 2.11 bits per heavy atom. The van der Waals surface area contributed by atoms with Gasteiger partial charge in [0.25, 0.3) is 0 Å². The van der Waals surface area contributed by atoms with Crippen molar-refractivity contribution in [1.29, 1.82) is 0 Å². The minimum atomic E-state index is -0.482. The summed E-state index contributed by atoms with van der Waals surface area (Å²) in [5.74, 6) is 1.26. The normalized spacial score (nSPS) is 20.3. The van der Waals surface area contributed by atoms with Crippen LogP contribution in [0.5, 0.6) is 0 Å². The van der Waals surface area contributed by atoms with Gasteiger partial charge in [-0.05, 0) is 25.2 Å². The van der Waals surface area contributed by atoms with Gasteiger partial charge in [-0.15, -0.1) is 0 Å². The molecule has 2 fully saturated rings. The van der Waals surface area contributed by atoms with E-state index in [4.69, 9.17) is 14.0 Å². The molecule has 0 bridgehead atoms. The lowest BCUT2D eigenvalue weighted by atomic mass is 10.0. The van der Waals surface area contributed by atoms with Crippen molar-refractivity contribution in [3.8, 4) is 0 Å². The van der Waals surface area contributed by atoms with E-state index < -0.39 is 5.97 Å². The molecule has 2 aliphatic heterocycles. The van der Waals surface area contributed by atoms with Crippen LogP contribution < -0.4 is 5.32 Å². The van der Waals surface area contributed by atoms with Gasteiger partial charge in [-0.25, -0.2) is 4.79 Å². The zero-order chi connectivity index (χ0) is 19.8. The topological polar surface area (TPSA) is 116 Å². The summed E-state index contributed by atoms with van der Waals surface area (Å²) >= 11 is 0. The van der Waals surface area contributed by atoms with Crippen molar-refractivity contribution >= 4 is 12.0 Å². The maximum atomic E-state index is 12.1.